The van der Waals surface area contributed by atoms with Crippen LogP contribution in [0.15, 0.2) is 0 Å². The first kappa shape index (κ1) is 48.5. The van der Waals surface area contributed by atoms with E-state index in [0.717, 1.165) is 0 Å². The number of carboxylic acids is 1. The van der Waals surface area contributed by atoms with Crippen molar-refractivity contribution in [2.45, 2.75) is 39.2 Å². The lowest BCUT2D eigenvalue weighted by molar-refractivity contribution is -0.151. The maximum Gasteiger partial charge on any atom is 0.410 e. The Morgan fingerprint density at radius 3 is 1.06 bits per heavy atom. The van der Waals surface area contributed by atoms with Gasteiger partial charge < -0.3 is 66.8 Å². The summed E-state index contributed by atoms with van der Waals surface area (Å²) in [6.07, 6.45) is -1.04. The number of amides is 1. The van der Waals surface area contributed by atoms with Crippen molar-refractivity contribution in [2.75, 3.05) is 152 Å². The third-order valence-corrected chi connectivity index (χ3v) is 5.91. The van der Waals surface area contributed by atoms with Crippen LogP contribution in [0.5, 0.6) is 0 Å². The maximum absolute atomic E-state index is 11.9. The number of carbonyl (C=O) groups is 4. The predicted octanol–water partition coefficient (Wildman–Crippen LogP) is 0.996. The molecule has 51 heavy (non-hydrogen) atoms. The lowest BCUT2D eigenvalue weighted by Crippen LogP contribution is -2.36. The largest absolute Gasteiger partial charge is 0.476 e. The number of hydrogen-bond acceptors (Lipinski definition) is 16. The molecule has 0 saturated carbocycles. The van der Waals surface area contributed by atoms with E-state index in [0.29, 0.717) is 132 Å². The molecule has 0 aliphatic rings. The van der Waals surface area contributed by atoms with E-state index in [1.807, 2.05) is 20.8 Å². The molecule has 0 rings (SSSR count). The minimum Gasteiger partial charge on any atom is -0.476 e. The molecule has 18 heteroatoms. The van der Waals surface area contributed by atoms with E-state index < -0.39 is 23.3 Å². The summed E-state index contributed by atoms with van der Waals surface area (Å²) in [6.45, 7) is 14.3. The van der Waals surface area contributed by atoms with E-state index >= 15 is 0 Å². The Kier molecular flexibility index (Phi) is 32.9. The molecule has 18 nitrogen and oxygen atoms in total. The fraction of sp³-hybridized carbons (Fsp3) is 0.879. The Labute approximate surface area is 301 Å². The van der Waals surface area contributed by atoms with Gasteiger partial charge in [0.1, 0.15) is 12.2 Å². The van der Waals surface area contributed by atoms with Crippen LogP contribution in [-0.2, 0) is 71.2 Å². The van der Waals surface area contributed by atoms with E-state index in [2.05, 4.69) is 0 Å². The molecule has 0 fully saturated rings. The van der Waals surface area contributed by atoms with Crippen molar-refractivity contribution in [2.24, 2.45) is 0 Å². The molecule has 0 atom stereocenters. The maximum atomic E-state index is 11.9. The zero-order valence-corrected chi connectivity index (χ0v) is 30.9. The second-order valence-electron chi connectivity index (χ2n) is 11.5. The molecule has 0 saturated heterocycles. The molecule has 0 spiro atoms. The van der Waals surface area contributed by atoms with Crippen LogP contribution in [0, 0.1) is 0 Å². The molecule has 0 unspecified atom stereocenters. The van der Waals surface area contributed by atoms with Crippen LogP contribution in [0.1, 0.15) is 33.6 Å². The van der Waals surface area contributed by atoms with Crippen molar-refractivity contribution in [3.8, 4) is 0 Å². The summed E-state index contributed by atoms with van der Waals surface area (Å²) in [5.41, 5.74) is -0.521. The van der Waals surface area contributed by atoms with Crippen molar-refractivity contribution in [3.05, 3.63) is 0 Å². The molecule has 0 radical (unpaired) electrons. The van der Waals surface area contributed by atoms with Crippen LogP contribution >= 0.6 is 0 Å². The number of likely N-dealkylation sites (N-methyl/N-ethyl adjacent to an activating group) is 1. The number of esters is 1. The molecule has 300 valence electrons. The molecule has 0 aromatic carbocycles. The van der Waals surface area contributed by atoms with E-state index in [1.54, 1.807) is 7.05 Å². The standard InChI is InChI=1S/C33H61NO17/c1-33(2,3)51-32(39)34(4)7-8-40-9-10-41-11-12-42-13-14-43-15-16-44-17-18-45-19-20-46-21-22-47-23-24-48-25-26-49-27-28-50-30(36)6-5-29(35)31(37)38/h5-28H2,1-4H3,(H,37,38). The number of ketones is 1. The first-order valence-electron chi connectivity index (χ1n) is 17.2. The summed E-state index contributed by atoms with van der Waals surface area (Å²) in [4.78, 5) is 46.0. The van der Waals surface area contributed by atoms with Gasteiger partial charge in [-0.05, 0) is 20.8 Å². The van der Waals surface area contributed by atoms with Crippen molar-refractivity contribution in [1.82, 2.24) is 4.90 Å². The van der Waals surface area contributed by atoms with Gasteiger partial charge in [0.25, 0.3) is 0 Å². The highest BCUT2D eigenvalue weighted by Gasteiger charge is 2.19. The quantitative estimate of drug-likeness (QED) is 0.0536. The second kappa shape index (κ2) is 34.6. The van der Waals surface area contributed by atoms with Crippen molar-refractivity contribution in [3.63, 3.8) is 0 Å². The smallest absolute Gasteiger partial charge is 0.410 e. The van der Waals surface area contributed by atoms with Gasteiger partial charge in [-0.15, -0.1) is 0 Å². The van der Waals surface area contributed by atoms with Gasteiger partial charge in [0.05, 0.1) is 139 Å². The lowest BCUT2D eigenvalue weighted by Gasteiger charge is -2.24. The Hall–Kier alpha value is -2.52. The Morgan fingerprint density at radius 2 is 0.765 bits per heavy atom. The minimum absolute atomic E-state index is 0.00875. The third kappa shape index (κ3) is 37.1. The summed E-state index contributed by atoms with van der Waals surface area (Å²) in [7, 11) is 1.67. The van der Waals surface area contributed by atoms with Crippen molar-refractivity contribution < 1.29 is 81.1 Å². The van der Waals surface area contributed by atoms with E-state index in [4.69, 9.17) is 61.9 Å². The summed E-state index contributed by atoms with van der Waals surface area (Å²) in [5, 5.41) is 8.45. The molecular weight excluding hydrogens is 682 g/mol. The summed E-state index contributed by atoms with van der Waals surface area (Å²) in [5.74, 6) is -3.25. The highest BCUT2D eigenvalue weighted by molar-refractivity contribution is 6.32. The lowest BCUT2D eigenvalue weighted by atomic mass is 10.2. The van der Waals surface area contributed by atoms with Gasteiger partial charge >= 0.3 is 18.0 Å². The predicted molar refractivity (Wildman–Crippen MR) is 180 cm³/mol. The topological polar surface area (TPSA) is 203 Å². The van der Waals surface area contributed by atoms with Crippen LogP contribution < -0.4 is 0 Å². The summed E-state index contributed by atoms with van der Waals surface area (Å²) < 4.78 is 64.3. The van der Waals surface area contributed by atoms with E-state index in [1.165, 1.54) is 4.90 Å². The van der Waals surface area contributed by atoms with Crippen molar-refractivity contribution in [1.29, 1.82) is 0 Å². The molecular formula is C33H61NO17. The van der Waals surface area contributed by atoms with Crippen LogP contribution in [0.25, 0.3) is 0 Å². The van der Waals surface area contributed by atoms with E-state index in [9.17, 15) is 19.2 Å². The average molecular weight is 744 g/mol. The number of nitrogens with zero attached hydrogens (tertiary/aromatic N) is 1. The number of hydrogen-bond donors (Lipinski definition) is 1. The zero-order valence-electron chi connectivity index (χ0n) is 30.9. The molecule has 0 aromatic rings. The van der Waals surface area contributed by atoms with Crippen LogP contribution in [0.4, 0.5) is 4.79 Å². The fourth-order valence-electron chi connectivity index (χ4n) is 3.32. The fourth-order valence-corrected chi connectivity index (χ4v) is 3.32. The van der Waals surface area contributed by atoms with E-state index in [-0.39, 0.29) is 32.1 Å². The van der Waals surface area contributed by atoms with Gasteiger partial charge in [-0.3, -0.25) is 9.59 Å². The molecule has 0 bridgehead atoms. The number of ether oxygens (including phenoxy) is 12. The Morgan fingerprint density at radius 1 is 0.471 bits per heavy atom. The van der Waals surface area contributed by atoms with Gasteiger partial charge in [-0.1, -0.05) is 0 Å². The van der Waals surface area contributed by atoms with Gasteiger partial charge in [0.2, 0.25) is 5.78 Å². The average Bonchev–Trinajstić information content (AvgIpc) is 3.08. The van der Waals surface area contributed by atoms with Crippen LogP contribution in [-0.4, -0.2) is 192 Å². The second-order valence-corrected chi connectivity index (χ2v) is 11.5. The zero-order chi connectivity index (χ0) is 37.8. The normalized spacial score (nSPS) is 11.5. The van der Waals surface area contributed by atoms with Gasteiger partial charge in [0, 0.05) is 20.0 Å². The summed E-state index contributed by atoms with van der Waals surface area (Å²) >= 11 is 0. The van der Waals surface area contributed by atoms with Crippen LogP contribution in [0.2, 0.25) is 0 Å². The highest BCUT2D eigenvalue weighted by atomic mass is 16.6. The van der Waals surface area contributed by atoms with Gasteiger partial charge in [0.15, 0.2) is 0 Å². The number of carbonyl (C=O) groups excluding carboxylic acids is 3. The number of aliphatic carboxylic acids is 1. The van der Waals surface area contributed by atoms with Crippen LogP contribution in [0.3, 0.4) is 0 Å². The molecule has 0 heterocycles. The Bertz CT molecular complexity index is 871. The third-order valence-electron chi connectivity index (χ3n) is 5.91. The monoisotopic (exact) mass is 743 g/mol. The number of rotatable bonds is 37. The number of Topliss-reactive ketones (excluding diaryl/α,β-unsaturated/α-hetero) is 1. The molecule has 0 aliphatic carbocycles. The number of carboxylic acid groups (broad SMARTS) is 1. The molecule has 1 N–H and O–H groups in total. The summed E-state index contributed by atoms with van der Waals surface area (Å²) in [6, 6.07) is 0. The van der Waals surface area contributed by atoms with Gasteiger partial charge in [-0.25, -0.2) is 9.59 Å². The SMILES string of the molecule is CN(CCOCCOCCOCCOCCOCCOCCOCCOCCOCCOCCOC(=O)CCC(=O)C(=O)O)C(=O)OC(C)(C)C. The molecule has 0 aliphatic heterocycles. The minimum atomic E-state index is -1.57. The highest BCUT2D eigenvalue weighted by Crippen LogP contribution is 2.08. The van der Waals surface area contributed by atoms with Gasteiger partial charge in [-0.2, -0.15) is 0 Å². The van der Waals surface area contributed by atoms with Crippen molar-refractivity contribution >= 4 is 23.8 Å². The molecule has 1 amide bonds. The first-order chi connectivity index (χ1) is 24.5. The molecule has 0 aromatic heterocycles. The first-order valence-corrected chi connectivity index (χ1v) is 17.2. The Balaban J connectivity index is 3.20.